The number of ether oxygens (including phenoxy) is 1. The Morgan fingerprint density at radius 3 is 2.58 bits per heavy atom. The number of urea groups is 1. The number of hydrogen-bond acceptors (Lipinski definition) is 4. The summed E-state index contributed by atoms with van der Waals surface area (Å²) >= 11 is 0. The van der Waals surface area contributed by atoms with Gasteiger partial charge in [0, 0.05) is 18.3 Å². The van der Waals surface area contributed by atoms with Crippen LogP contribution < -0.4 is 15.0 Å². The number of benzene rings is 1. The third kappa shape index (κ3) is 2.80. The summed E-state index contributed by atoms with van der Waals surface area (Å²) in [5.74, 6) is -0.327. The first-order valence-corrected chi connectivity index (χ1v) is 7.35. The lowest BCUT2D eigenvalue weighted by Crippen LogP contribution is -2.40. The highest BCUT2D eigenvalue weighted by Gasteiger charge is 2.45. The molecule has 7 heteroatoms. The molecule has 1 fully saturated rings. The van der Waals surface area contributed by atoms with Gasteiger partial charge in [-0.25, -0.2) is 19.1 Å². The standard InChI is InChI=1S/C17H16FN3O3/c1-10-4-5-12(9-13(10)18)24-14-8-11(6-7-19-14)21-15(22)17(2,3)20-16(21)23/h4-9H,1-3H3,(H,20,23). The van der Waals surface area contributed by atoms with Crippen molar-refractivity contribution in [3.8, 4) is 11.6 Å². The van der Waals surface area contributed by atoms with Gasteiger partial charge in [-0.2, -0.15) is 0 Å². The minimum absolute atomic E-state index is 0.154. The van der Waals surface area contributed by atoms with E-state index in [0.717, 1.165) is 4.90 Å². The predicted octanol–water partition coefficient (Wildman–Crippen LogP) is 3.16. The van der Waals surface area contributed by atoms with Crippen LogP contribution in [0.2, 0.25) is 0 Å². The van der Waals surface area contributed by atoms with Crippen LogP contribution in [0, 0.1) is 12.7 Å². The molecule has 2 heterocycles. The van der Waals surface area contributed by atoms with Gasteiger partial charge >= 0.3 is 6.03 Å². The fraction of sp³-hybridized carbons (Fsp3) is 0.235. The Morgan fingerprint density at radius 1 is 1.21 bits per heavy atom. The van der Waals surface area contributed by atoms with E-state index in [1.807, 2.05) is 0 Å². The number of carbonyl (C=O) groups is 2. The number of amides is 3. The van der Waals surface area contributed by atoms with Crippen LogP contribution in [-0.2, 0) is 4.79 Å². The van der Waals surface area contributed by atoms with Crippen molar-refractivity contribution in [3.63, 3.8) is 0 Å². The van der Waals surface area contributed by atoms with Crippen molar-refractivity contribution in [1.82, 2.24) is 10.3 Å². The zero-order valence-corrected chi connectivity index (χ0v) is 13.5. The normalized spacial score (nSPS) is 16.2. The first-order valence-electron chi connectivity index (χ1n) is 7.35. The Kier molecular flexibility index (Phi) is 3.71. The van der Waals surface area contributed by atoms with E-state index in [1.54, 1.807) is 32.9 Å². The van der Waals surface area contributed by atoms with Crippen molar-refractivity contribution >= 4 is 17.6 Å². The molecule has 2 aromatic rings. The summed E-state index contributed by atoms with van der Waals surface area (Å²) in [5.41, 5.74) is -0.132. The van der Waals surface area contributed by atoms with Crippen LogP contribution in [0.25, 0.3) is 0 Å². The summed E-state index contributed by atoms with van der Waals surface area (Å²) in [6.45, 7) is 4.90. The quantitative estimate of drug-likeness (QED) is 0.878. The Bertz CT molecular complexity index is 836. The van der Waals surface area contributed by atoms with Gasteiger partial charge < -0.3 is 10.1 Å². The molecule has 1 aliphatic heterocycles. The van der Waals surface area contributed by atoms with E-state index in [9.17, 15) is 14.0 Å². The number of aryl methyl sites for hydroxylation is 1. The highest BCUT2D eigenvalue weighted by atomic mass is 19.1. The molecule has 0 bridgehead atoms. The van der Waals surface area contributed by atoms with Crippen molar-refractivity contribution < 1.29 is 18.7 Å². The van der Waals surface area contributed by atoms with Gasteiger partial charge in [0.25, 0.3) is 5.91 Å². The highest BCUT2D eigenvalue weighted by Crippen LogP contribution is 2.28. The molecule has 24 heavy (non-hydrogen) atoms. The molecule has 0 unspecified atom stereocenters. The lowest BCUT2D eigenvalue weighted by Gasteiger charge is -2.16. The zero-order valence-electron chi connectivity index (χ0n) is 13.5. The first kappa shape index (κ1) is 15.9. The predicted molar refractivity (Wildman–Crippen MR) is 85.5 cm³/mol. The topological polar surface area (TPSA) is 71.5 Å². The van der Waals surface area contributed by atoms with E-state index >= 15 is 0 Å². The van der Waals surface area contributed by atoms with Crippen molar-refractivity contribution in [1.29, 1.82) is 0 Å². The molecule has 0 radical (unpaired) electrons. The SMILES string of the molecule is Cc1ccc(Oc2cc(N3C(=O)NC(C)(C)C3=O)ccn2)cc1F. The van der Waals surface area contributed by atoms with Crippen LogP contribution in [-0.4, -0.2) is 22.5 Å². The van der Waals surface area contributed by atoms with Gasteiger partial charge in [-0.1, -0.05) is 6.07 Å². The third-order valence-corrected chi connectivity index (χ3v) is 3.70. The molecule has 3 amide bonds. The molecule has 1 saturated heterocycles. The third-order valence-electron chi connectivity index (χ3n) is 3.70. The number of rotatable bonds is 3. The summed E-state index contributed by atoms with van der Waals surface area (Å²) < 4.78 is 19.1. The maximum Gasteiger partial charge on any atom is 0.329 e. The summed E-state index contributed by atoms with van der Waals surface area (Å²) in [7, 11) is 0. The van der Waals surface area contributed by atoms with E-state index in [0.29, 0.717) is 11.3 Å². The molecule has 6 nitrogen and oxygen atoms in total. The molecule has 3 rings (SSSR count). The number of hydrogen-bond donors (Lipinski definition) is 1. The number of pyridine rings is 1. The fourth-order valence-electron chi connectivity index (χ4n) is 2.33. The molecule has 1 aromatic heterocycles. The number of aromatic nitrogens is 1. The van der Waals surface area contributed by atoms with Crippen LogP contribution >= 0.6 is 0 Å². The van der Waals surface area contributed by atoms with Crippen molar-refractivity contribution in [3.05, 3.63) is 47.9 Å². The van der Waals surface area contributed by atoms with Crippen LogP contribution in [0.1, 0.15) is 19.4 Å². The van der Waals surface area contributed by atoms with Gasteiger partial charge in [-0.3, -0.25) is 4.79 Å². The molecule has 124 valence electrons. The van der Waals surface area contributed by atoms with Crippen molar-refractivity contribution in [2.75, 3.05) is 4.90 Å². The second-order valence-electron chi connectivity index (χ2n) is 6.06. The molecule has 0 spiro atoms. The molecule has 0 aliphatic carbocycles. The average molecular weight is 329 g/mol. The molecule has 1 aliphatic rings. The van der Waals surface area contributed by atoms with Crippen LogP contribution in [0.5, 0.6) is 11.6 Å². The van der Waals surface area contributed by atoms with E-state index < -0.39 is 11.6 Å². The minimum Gasteiger partial charge on any atom is -0.439 e. The molecule has 1 aromatic carbocycles. The van der Waals surface area contributed by atoms with Gasteiger partial charge in [0.2, 0.25) is 5.88 Å². The molecule has 1 N–H and O–H groups in total. The van der Waals surface area contributed by atoms with Crippen LogP contribution in [0.15, 0.2) is 36.5 Å². The highest BCUT2D eigenvalue weighted by molar-refractivity contribution is 6.23. The zero-order chi connectivity index (χ0) is 17.5. The Balaban J connectivity index is 1.88. The van der Waals surface area contributed by atoms with Crippen LogP contribution in [0.3, 0.4) is 0 Å². The van der Waals surface area contributed by atoms with Gasteiger partial charge in [0.05, 0.1) is 5.69 Å². The summed E-state index contributed by atoms with van der Waals surface area (Å²) in [4.78, 5) is 29.4. The Morgan fingerprint density at radius 2 is 1.96 bits per heavy atom. The number of anilines is 1. The van der Waals surface area contributed by atoms with E-state index in [2.05, 4.69) is 10.3 Å². The second kappa shape index (κ2) is 5.59. The van der Waals surface area contributed by atoms with Crippen molar-refractivity contribution in [2.45, 2.75) is 26.3 Å². The summed E-state index contributed by atoms with van der Waals surface area (Å²) in [6, 6.07) is 6.93. The lowest BCUT2D eigenvalue weighted by atomic mass is 10.1. The minimum atomic E-state index is -0.971. The number of halogens is 1. The lowest BCUT2D eigenvalue weighted by molar-refractivity contribution is -0.121. The number of nitrogens with one attached hydrogen (secondary N) is 1. The smallest absolute Gasteiger partial charge is 0.329 e. The average Bonchev–Trinajstić information content (AvgIpc) is 2.71. The largest absolute Gasteiger partial charge is 0.439 e. The molecular formula is C17H16FN3O3. The molecular weight excluding hydrogens is 313 g/mol. The summed E-state index contributed by atoms with van der Waals surface area (Å²) in [5, 5.41) is 2.60. The van der Waals surface area contributed by atoms with Gasteiger partial charge in [0.1, 0.15) is 17.1 Å². The maximum absolute atomic E-state index is 13.6. The Hall–Kier alpha value is -2.96. The first-order chi connectivity index (χ1) is 11.3. The Labute approximate surface area is 138 Å². The molecule has 0 saturated carbocycles. The maximum atomic E-state index is 13.6. The number of imide groups is 1. The second-order valence-corrected chi connectivity index (χ2v) is 6.06. The number of carbonyl (C=O) groups excluding carboxylic acids is 2. The fourth-order valence-corrected chi connectivity index (χ4v) is 2.33. The van der Waals surface area contributed by atoms with Gasteiger partial charge in [-0.15, -0.1) is 0 Å². The van der Waals surface area contributed by atoms with Gasteiger partial charge in [0.15, 0.2) is 0 Å². The van der Waals surface area contributed by atoms with E-state index in [-0.39, 0.29) is 23.4 Å². The van der Waals surface area contributed by atoms with Crippen LogP contribution in [0.4, 0.5) is 14.9 Å². The van der Waals surface area contributed by atoms with Crippen molar-refractivity contribution in [2.24, 2.45) is 0 Å². The van der Waals surface area contributed by atoms with Gasteiger partial charge in [-0.05, 0) is 38.5 Å². The molecule has 0 atom stereocenters. The summed E-state index contributed by atoms with van der Waals surface area (Å²) in [6.07, 6.45) is 1.42. The number of nitrogens with zero attached hydrogens (tertiary/aromatic N) is 2. The van der Waals surface area contributed by atoms with E-state index in [4.69, 9.17) is 4.74 Å². The monoisotopic (exact) mass is 329 g/mol. The van der Waals surface area contributed by atoms with E-state index in [1.165, 1.54) is 24.4 Å².